The summed E-state index contributed by atoms with van der Waals surface area (Å²) in [5, 5.41) is 11.4. The van der Waals surface area contributed by atoms with Crippen LogP contribution in [0.4, 0.5) is 0 Å². The van der Waals surface area contributed by atoms with Gasteiger partial charge in [-0.1, -0.05) is 6.42 Å². The maximum absolute atomic E-state index is 8.31. The fourth-order valence-electron chi connectivity index (χ4n) is 1.62. The highest BCUT2D eigenvalue weighted by Crippen LogP contribution is 2.24. The van der Waals surface area contributed by atoms with E-state index in [1.807, 2.05) is 0 Å². The van der Waals surface area contributed by atoms with Gasteiger partial charge >= 0.3 is 0 Å². The first-order valence-electron chi connectivity index (χ1n) is 4.07. The smallest absolute Gasteiger partial charge is 0.0577 e. The normalized spacial score (nSPS) is 32.8. The monoisotopic (exact) mass is 157 g/mol. The summed E-state index contributed by atoms with van der Waals surface area (Å²) in [4.78, 5) is 0. The first kappa shape index (κ1) is 8.53. The fraction of sp³-hybridized carbons (Fsp3) is 0.875. The molecule has 0 aromatic rings. The topological polar surface area (TPSA) is 41.8 Å². The molecule has 11 heavy (non-hydrogen) atoms. The number of oxime groups is 1. The van der Waals surface area contributed by atoms with Crippen LogP contribution in [-0.4, -0.2) is 24.6 Å². The molecule has 0 saturated heterocycles. The molecule has 2 unspecified atom stereocenters. The molecular weight excluding hydrogens is 142 g/mol. The standard InChI is InChI=1S/C8H15NO2/c1-11-8-4-2-3-7(5-8)6-9-10/h6-8,10H,2-5H2,1H3/b9-6-. The van der Waals surface area contributed by atoms with Crippen molar-refractivity contribution in [2.24, 2.45) is 11.1 Å². The molecule has 1 N–H and O–H groups in total. The molecule has 1 aliphatic rings. The average Bonchev–Trinajstić information content (AvgIpc) is 2.06. The lowest BCUT2D eigenvalue weighted by Crippen LogP contribution is -2.22. The third kappa shape index (κ3) is 2.50. The van der Waals surface area contributed by atoms with Gasteiger partial charge in [0.05, 0.1) is 6.10 Å². The molecule has 0 amide bonds. The highest BCUT2D eigenvalue weighted by molar-refractivity contribution is 5.59. The second-order valence-electron chi connectivity index (χ2n) is 3.05. The molecule has 0 heterocycles. The Labute approximate surface area is 67.0 Å². The van der Waals surface area contributed by atoms with Gasteiger partial charge in [0.1, 0.15) is 0 Å². The van der Waals surface area contributed by atoms with E-state index < -0.39 is 0 Å². The van der Waals surface area contributed by atoms with Gasteiger partial charge in [-0.15, -0.1) is 5.16 Å². The van der Waals surface area contributed by atoms with Crippen LogP contribution >= 0.6 is 0 Å². The summed E-state index contributed by atoms with van der Waals surface area (Å²) in [7, 11) is 1.74. The van der Waals surface area contributed by atoms with Crippen molar-refractivity contribution in [3.8, 4) is 0 Å². The van der Waals surface area contributed by atoms with Crippen LogP contribution in [-0.2, 0) is 4.74 Å². The lowest BCUT2D eigenvalue weighted by atomic mass is 9.88. The second-order valence-corrected chi connectivity index (χ2v) is 3.05. The van der Waals surface area contributed by atoms with E-state index in [-0.39, 0.29) is 0 Å². The average molecular weight is 157 g/mol. The SMILES string of the molecule is COC1CCCC(/C=N\O)C1. The summed E-state index contributed by atoms with van der Waals surface area (Å²) in [6.45, 7) is 0. The molecule has 0 aliphatic heterocycles. The van der Waals surface area contributed by atoms with Gasteiger partial charge in [-0.2, -0.15) is 0 Å². The number of nitrogens with zero attached hydrogens (tertiary/aromatic N) is 1. The molecule has 1 fully saturated rings. The number of hydrogen-bond donors (Lipinski definition) is 1. The van der Waals surface area contributed by atoms with E-state index in [4.69, 9.17) is 9.94 Å². The molecule has 0 aromatic heterocycles. The van der Waals surface area contributed by atoms with Crippen LogP contribution in [0.3, 0.4) is 0 Å². The van der Waals surface area contributed by atoms with Crippen molar-refractivity contribution in [2.75, 3.05) is 7.11 Å². The molecule has 1 aliphatic carbocycles. The second kappa shape index (κ2) is 4.34. The van der Waals surface area contributed by atoms with Crippen LogP contribution in [0.15, 0.2) is 5.16 Å². The predicted molar refractivity (Wildman–Crippen MR) is 43.0 cm³/mol. The maximum atomic E-state index is 8.31. The van der Waals surface area contributed by atoms with Crippen molar-refractivity contribution in [3.05, 3.63) is 0 Å². The Balaban J connectivity index is 2.33. The number of hydrogen-bond acceptors (Lipinski definition) is 3. The third-order valence-electron chi connectivity index (χ3n) is 2.28. The predicted octanol–water partition coefficient (Wildman–Crippen LogP) is 1.65. The van der Waals surface area contributed by atoms with Crippen LogP contribution in [0.1, 0.15) is 25.7 Å². The Morgan fingerprint density at radius 3 is 3.00 bits per heavy atom. The Morgan fingerprint density at radius 2 is 2.36 bits per heavy atom. The summed E-state index contributed by atoms with van der Waals surface area (Å²) < 4.78 is 5.22. The van der Waals surface area contributed by atoms with E-state index in [2.05, 4.69) is 5.16 Å². The summed E-state index contributed by atoms with van der Waals surface area (Å²) in [6, 6.07) is 0. The van der Waals surface area contributed by atoms with Crippen LogP contribution in [0.2, 0.25) is 0 Å². The molecule has 0 bridgehead atoms. The zero-order valence-electron chi connectivity index (χ0n) is 6.86. The molecule has 0 spiro atoms. The number of ether oxygens (including phenoxy) is 1. The zero-order chi connectivity index (χ0) is 8.10. The molecule has 1 saturated carbocycles. The molecule has 2 atom stereocenters. The molecule has 3 nitrogen and oxygen atoms in total. The van der Waals surface area contributed by atoms with E-state index in [0.717, 1.165) is 19.3 Å². The minimum atomic E-state index is 0.367. The van der Waals surface area contributed by atoms with Crippen LogP contribution in [0, 0.1) is 5.92 Å². The van der Waals surface area contributed by atoms with Gasteiger partial charge in [0.25, 0.3) is 0 Å². The summed E-state index contributed by atoms with van der Waals surface area (Å²) >= 11 is 0. The van der Waals surface area contributed by atoms with Crippen molar-refractivity contribution < 1.29 is 9.94 Å². The van der Waals surface area contributed by atoms with Crippen LogP contribution < -0.4 is 0 Å². The maximum Gasteiger partial charge on any atom is 0.0577 e. The largest absolute Gasteiger partial charge is 0.411 e. The van der Waals surface area contributed by atoms with Gasteiger partial charge in [0, 0.05) is 13.3 Å². The minimum absolute atomic E-state index is 0.367. The van der Waals surface area contributed by atoms with E-state index in [1.165, 1.54) is 6.42 Å². The van der Waals surface area contributed by atoms with Gasteiger partial charge in [-0.25, -0.2) is 0 Å². The lowest BCUT2D eigenvalue weighted by molar-refractivity contribution is 0.0621. The summed E-state index contributed by atoms with van der Waals surface area (Å²) in [6.07, 6.45) is 6.43. The van der Waals surface area contributed by atoms with Crippen LogP contribution in [0.25, 0.3) is 0 Å². The quantitative estimate of drug-likeness (QED) is 0.376. The van der Waals surface area contributed by atoms with Crippen LogP contribution in [0.5, 0.6) is 0 Å². The van der Waals surface area contributed by atoms with Crippen molar-refractivity contribution in [3.63, 3.8) is 0 Å². The molecule has 0 radical (unpaired) electrons. The minimum Gasteiger partial charge on any atom is -0.411 e. The Hall–Kier alpha value is -0.570. The first-order chi connectivity index (χ1) is 5.36. The lowest BCUT2D eigenvalue weighted by Gasteiger charge is -2.24. The molecule has 64 valence electrons. The van der Waals surface area contributed by atoms with Crippen molar-refractivity contribution >= 4 is 6.21 Å². The Morgan fingerprint density at radius 1 is 1.55 bits per heavy atom. The highest BCUT2D eigenvalue weighted by Gasteiger charge is 2.19. The number of methoxy groups -OCH3 is 1. The number of rotatable bonds is 2. The van der Waals surface area contributed by atoms with Gasteiger partial charge in [0.2, 0.25) is 0 Å². The third-order valence-corrected chi connectivity index (χ3v) is 2.28. The van der Waals surface area contributed by atoms with Crippen molar-refractivity contribution in [2.45, 2.75) is 31.8 Å². The summed E-state index contributed by atoms with van der Waals surface area (Å²) in [5.74, 6) is 0.415. The van der Waals surface area contributed by atoms with E-state index in [1.54, 1.807) is 13.3 Å². The van der Waals surface area contributed by atoms with Crippen molar-refractivity contribution in [1.29, 1.82) is 0 Å². The molecule has 3 heteroatoms. The fourth-order valence-corrected chi connectivity index (χ4v) is 1.62. The van der Waals surface area contributed by atoms with Gasteiger partial charge in [-0.3, -0.25) is 0 Å². The molecule has 0 aromatic carbocycles. The Kier molecular flexibility index (Phi) is 3.36. The first-order valence-corrected chi connectivity index (χ1v) is 4.07. The van der Waals surface area contributed by atoms with Gasteiger partial charge < -0.3 is 9.94 Å². The molecular formula is C8H15NO2. The van der Waals surface area contributed by atoms with Gasteiger partial charge in [-0.05, 0) is 25.2 Å². The van der Waals surface area contributed by atoms with Crippen molar-refractivity contribution in [1.82, 2.24) is 0 Å². The Bertz CT molecular complexity index is 136. The van der Waals surface area contributed by atoms with E-state index in [9.17, 15) is 0 Å². The van der Waals surface area contributed by atoms with Gasteiger partial charge in [0.15, 0.2) is 0 Å². The van der Waals surface area contributed by atoms with E-state index in [0.29, 0.717) is 12.0 Å². The zero-order valence-corrected chi connectivity index (χ0v) is 6.86. The summed E-state index contributed by atoms with van der Waals surface area (Å²) in [5.41, 5.74) is 0. The highest BCUT2D eigenvalue weighted by atomic mass is 16.5. The molecule has 1 rings (SSSR count). The van der Waals surface area contributed by atoms with E-state index >= 15 is 0 Å².